The first-order valence-corrected chi connectivity index (χ1v) is 7.63. The van der Waals surface area contributed by atoms with E-state index in [-0.39, 0.29) is 12.7 Å². The summed E-state index contributed by atoms with van der Waals surface area (Å²) < 4.78 is 20.3. The Morgan fingerprint density at radius 3 is 2.96 bits per heavy atom. The average Bonchev–Trinajstić information content (AvgIpc) is 3.02. The van der Waals surface area contributed by atoms with Crippen LogP contribution in [0, 0.1) is 0 Å². The van der Waals surface area contributed by atoms with Crippen LogP contribution in [0.15, 0.2) is 18.2 Å². The Labute approximate surface area is 144 Å². The maximum atomic E-state index is 11.8. The van der Waals surface area contributed by atoms with Gasteiger partial charge in [-0.15, -0.1) is 0 Å². The third-order valence-corrected chi connectivity index (χ3v) is 3.41. The number of benzene rings is 1. The van der Waals surface area contributed by atoms with E-state index >= 15 is 0 Å². The summed E-state index contributed by atoms with van der Waals surface area (Å²) in [6, 6.07) is 3.33. The molecule has 0 saturated carbocycles. The van der Waals surface area contributed by atoms with Crippen LogP contribution in [-0.2, 0) is 19.1 Å². The summed E-state index contributed by atoms with van der Waals surface area (Å²) in [5.74, 6) is -0.0303. The Hall–Kier alpha value is -2.25. The monoisotopic (exact) mass is 355 g/mol. The summed E-state index contributed by atoms with van der Waals surface area (Å²) in [6.45, 7) is 2.34. The zero-order valence-corrected chi connectivity index (χ0v) is 14.1. The minimum Gasteiger partial charge on any atom is -0.454 e. The standard InChI is InChI=1S/C16H18ClNO6/c1-10(16(20)18-5-6-21-2)24-14(19)4-3-11-7-12(17)15-13(8-11)22-9-23-15/h3-4,7-8,10H,5-6,9H2,1-2H3,(H,18,20)/b4-3+/t10-/m0/s1. The molecule has 1 aromatic carbocycles. The second kappa shape index (κ2) is 8.56. The number of nitrogens with one attached hydrogen (secondary N) is 1. The molecule has 1 amide bonds. The molecule has 2 rings (SSSR count). The maximum Gasteiger partial charge on any atom is 0.331 e. The lowest BCUT2D eigenvalue weighted by Crippen LogP contribution is -2.37. The lowest BCUT2D eigenvalue weighted by Gasteiger charge is -2.11. The van der Waals surface area contributed by atoms with E-state index in [1.54, 1.807) is 12.1 Å². The van der Waals surface area contributed by atoms with Crippen LogP contribution in [0.4, 0.5) is 0 Å². The van der Waals surface area contributed by atoms with Gasteiger partial charge in [-0.25, -0.2) is 4.79 Å². The predicted molar refractivity (Wildman–Crippen MR) is 87.0 cm³/mol. The van der Waals surface area contributed by atoms with Crippen molar-refractivity contribution in [1.82, 2.24) is 5.32 Å². The molecule has 1 atom stereocenters. The molecule has 0 unspecified atom stereocenters. The highest BCUT2D eigenvalue weighted by Crippen LogP contribution is 2.40. The average molecular weight is 356 g/mol. The van der Waals surface area contributed by atoms with Gasteiger partial charge >= 0.3 is 5.97 Å². The van der Waals surface area contributed by atoms with Crippen molar-refractivity contribution in [3.63, 3.8) is 0 Å². The van der Waals surface area contributed by atoms with Crippen LogP contribution < -0.4 is 14.8 Å². The summed E-state index contributed by atoms with van der Waals surface area (Å²) in [7, 11) is 1.53. The van der Waals surface area contributed by atoms with E-state index in [9.17, 15) is 9.59 Å². The molecule has 1 aliphatic rings. The second-order valence-electron chi connectivity index (χ2n) is 4.93. The number of hydrogen-bond donors (Lipinski definition) is 1. The molecule has 24 heavy (non-hydrogen) atoms. The molecular weight excluding hydrogens is 338 g/mol. The van der Waals surface area contributed by atoms with Gasteiger partial charge < -0.3 is 24.3 Å². The molecule has 8 heteroatoms. The Balaban J connectivity index is 1.89. The van der Waals surface area contributed by atoms with Crippen molar-refractivity contribution in [2.75, 3.05) is 27.1 Å². The molecule has 0 radical (unpaired) electrons. The molecule has 0 fully saturated rings. The van der Waals surface area contributed by atoms with Gasteiger partial charge in [0, 0.05) is 19.7 Å². The van der Waals surface area contributed by atoms with Gasteiger partial charge in [-0.3, -0.25) is 4.79 Å². The highest BCUT2D eigenvalue weighted by molar-refractivity contribution is 6.32. The number of halogens is 1. The van der Waals surface area contributed by atoms with E-state index in [0.29, 0.717) is 35.2 Å². The number of carbonyl (C=O) groups excluding carboxylic acids is 2. The molecule has 0 aromatic heterocycles. The molecule has 7 nitrogen and oxygen atoms in total. The second-order valence-corrected chi connectivity index (χ2v) is 5.34. The van der Waals surface area contributed by atoms with Crippen LogP contribution in [0.3, 0.4) is 0 Å². The number of amides is 1. The highest BCUT2D eigenvalue weighted by Gasteiger charge is 2.18. The van der Waals surface area contributed by atoms with Gasteiger partial charge in [0.2, 0.25) is 6.79 Å². The number of hydrogen-bond acceptors (Lipinski definition) is 6. The van der Waals surface area contributed by atoms with Gasteiger partial charge in [0.25, 0.3) is 5.91 Å². The summed E-state index contributed by atoms with van der Waals surface area (Å²) in [6.07, 6.45) is 1.83. The molecular formula is C16H18ClNO6. The van der Waals surface area contributed by atoms with Gasteiger partial charge in [-0.1, -0.05) is 11.6 Å². The lowest BCUT2D eigenvalue weighted by atomic mass is 10.2. The number of ether oxygens (including phenoxy) is 4. The predicted octanol–water partition coefficient (Wildman–Crippen LogP) is 1.78. The first kappa shape index (κ1) is 18.1. The van der Waals surface area contributed by atoms with Crippen LogP contribution >= 0.6 is 11.6 Å². The summed E-state index contributed by atoms with van der Waals surface area (Å²) in [5, 5.41) is 2.98. The van der Waals surface area contributed by atoms with Crippen molar-refractivity contribution in [3.05, 3.63) is 28.8 Å². The minimum atomic E-state index is -0.903. The fourth-order valence-electron chi connectivity index (χ4n) is 1.93. The molecule has 1 aromatic rings. The third-order valence-electron chi connectivity index (χ3n) is 3.13. The number of fused-ring (bicyclic) bond motifs is 1. The van der Waals surface area contributed by atoms with Gasteiger partial charge in [0.05, 0.1) is 11.6 Å². The number of methoxy groups -OCH3 is 1. The third kappa shape index (κ3) is 4.87. The molecule has 0 spiro atoms. The highest BCUT2D eigenvalue weighted by atomic mass is 35.5. The number of rotatable bonds is 7. The zero-order chi connectivity index (χ0) is 17.5. The van der Waals surface area contributed by atoms with E-state index in [2.05, 4.69) is 5.32 Å². The zero-order valence-electron chi connectivity index (χ0n) is 13.3. The molecule has 0 saturated heterocycles. The van der Waals surface area contributed by atoms with Gasteiger partial charge in [0.1, 0.15) is 0 Å². The molecule has 0 bridgehead atoms. The topological polar surface area (TPSA) is 83.1 Å². The first-order valence-electron chi connectivity index (χ1n) is 7.25. The van der Waals surface area contributed by atoms with Gasteiger partial charge in [0.15, 0.2) is 17.6 Å². The first-order chi connectivity index (χ1) is 11.5. The quantitative estimate of drug-likeness (QED) is 0.456. The minimum absolute atomic E-state index is 0.111. The molecule has 1 aliphatic heterocycles. The summed E-state index contributed by atoms with van der Waals surface area (Å²) in [4.78, 5) is 23.5. The van der Waals surface area contributed by atoms with E-state index in [1.165, 1.54) is 26.2 Å². The Morgan fingerprint density at radius 1 is 1.42 bits per heavy atom. The van der Waals surface area contributed by atoms with Crippen molar-refractivity contribution in [3.8, 4) is 11.5 Å². The Kier molecular flexibility index (Phi) is 6.45. The molecule has 1 heterocycles. The molecule has 0 aliphatic carbocycles. The largest absolute Gasteiger partial charge is 0.454 e. The number of esters is 1. The van der Waals surface area contributed by atoms with Crippen LogP contribution in [-0.4, -0.2) is 45.0 Å². The Morgan fingerprint density at radius 2 is 2.21 bits per heavy atom. The summed E-state index contributed by atoms with van der Waals surface area (Å²) in [5.41, 5.74) is 0.651. The van der Waals surface area contributed by atoms with Gasteiger partial charge in [-0.05, 0) is 30.7 Å². The van der Waals surface area contributed by atoms with E-state index < -0.39 is 12.1 Å². The molecule has 1 N–H and O–H groups in total. The van der Waals surface area contributed by atoms with Crippen LogP contribution in [0.2, 0.25) is 5.02 Å². The maximum absolute atomic E-state index is 11.8. The molecule has 130 valence electrons. The smallest absolute Gasteiger partial charge is 0.331 e. The fourth-order valence-corrected chi connectivity index (χ4v) is 2.21. The summed E-state index contributed by atoms with van der Waals surface area (Å²) >= 11 is 6.06. The van der Waals surface area contributed by atoms with Crippen molar-refractivity contribution in [2.45, 2.75) is 13.0 Å². The SMILES string of the molecule is COCCNC(=O)[C@H](C)OC(=O)/C=C/c1cc(Cl)c2c(c1)OCO2. The van der Waals surface area contributed by atoms with Crippen LogP contribution in [0.5, 0.6) is 11.5 Å². The lowest BCUT2D eigenvalue weighted by molar-refractivity contribution is -0.150. The van der Waals surface area contributed by atoms with Crippen molar-refractivity contribution >= 4 is 29.6 Å². The van der Waals surface area contributed by atoms with Gasteiger partial charge in [-0.2, -0.15) is 0 Å². The van der Waals surface area contributed by atoms with E-state index in [1.807, 2.05) is 0 Å². The van der Waals surface area contributed by atoms with Crippen molar-refractivity contribution in [1.29, 1.82) is 0 Å². The fraction of sp³-hybridized carbons (Fsp3) is 0.375. The van der Waals surface area contributed by atoms with Crippen LogP contribution in [0.1, 0.15) is 12.5 Å². The number of carbonyl (C=O) groups is 2. The van der Waals surface area contributed by atoms with Crippen LogP contribution in [0.25, 0.3) is 6.08 Å². The van der Waals surface area contributed by atoms with E-state index in [0.717, 1.165) is 0 Å². The normalized spacial score (nSPS) is 13.8. The Bertz CT molecular complexity index is 646. The van der Waals surface area contributed by atoms with E-state index in [4.69, 9.17) is 30.5 Å². The van der Waals surface area contributed by atoms with Crippen molar-refractivity contribution < 1.29 is 28.5 Å². The van der Waals surface area contributed by atoms with Crippen molar-refractivity contribution in [2.24, 2.45) is 0 Å².